The van der Waals surface area contributed by atoms with Gasteiger partial charge < -0.3 is 5.32 Å². The first-order valence-corrected chi connectivity index (χ1v) is 10.1. The van der Waals surface area contributed by atoms with Gasteiger partial charge in [-0.15, -0.1) is 11.8 Å². The molecule has 4 nitrogen and oxygen atoms in total. The van der Waals surface area contributed by atoms with E-state index in [1.165, 1.54) is 4.90 Å². The maximum atomic E-state index is 13.2. The molecule has 1 heterocycles. The molecule has 134 valence electrons. The van der Waals surface area contributed by atoms with Crippen LogP contribution in [0.15, 0.2) is 53.4 Å². The van der Waals surface area contributed by atoms with Crippen molar-refractivity contribution < 1.29 is 9.59 Å². The van der Waals surface area contributed by atoms with Crippen molar-refractivity contribution in [1.82, 2.24) is 10.2 Å². The zero-order valence-electron chi connectivity index (χ0n) is 14.2. The molecule has 2 aliphatic rings. The molecule has 0 radical (unpaired) electrons. The molecule has 0 bridgehead atoms. The van der Waals surface area contributed by atoms with E-state index < -0.39 is 5.54 Å². The molecule has 3 amide bonds. The predicted molar refractivity (Wildman–Crippen MR) is 103 cm³/mol. The van der Waals surface area contributed by atoms with Crippen LogP contribution in [0.4, 0.5) is 4.79 Å². The van der Waals surface area contributed by atoms with Gasteiger partial charge in [0, 0.05) is 22.2 Å². The molecule has 0 saturated carbocycles. The van der Waals surface area contributed by atoms with Gasteiger partial charge in [0.25, 0.3) is 5.91 Å². The molecule has 0 unspecified atom stereocenters. The quantitative estimate of drug-likeness (QED) is 0.632. The topological polar surface area (TPSA) is 49.4 Å². The molecule has 6 heteroatoms. The molecule has 26 heavy (non-hydrogen) atoms. The summed E-state index contributed by atoms with van der Waals surface area (Å²) in [7, 11) is 0. The summed E-state index contributed by atoms with van der Waals surface area (Å²) >= 11 is 7.50. The molecule has 1 spiro atoms. The molecular weight excluding hydrogens is 368 g/mol. The van der Waals surface area contributed by atoms with Gasteiger partial charge in [0.2, 0.25) is 0 Å². The lowest BCUT2D eigenvalue weighted by atomic mass is 9.76. The van der Waals surface area contributed by atoms with Crippen LogP contribution in [-0.4, -0.2) is 29.1 Å². The number of urea groups is 1. The van der Waals surface area contributed by atoms with Crippen LogP contribution in [0.5, 0.6) is 0 Å². The highest BCUT2D eigenvalue weighted by molar-refractivity contribution is 7.99. The minimum atomic E-state index is -0.878. The zero-order chi connectivity index (χ0) is 18.1. The molecule has 1 atom stereocenters. The highest BCUT2D eigenvalue weighted by Gasteiger charge is 2.53. The van der Waals surface area contributed by atoms with Crippen LogP contribution in [0, 0.1) is 0 Å². The number of amides is 3. The molecule has 2 aromatic rings. The van der Waals surface area contributed by atoms with Crippen molar-refractivity contribution in [2.24, 2.45) is 0 Å². The standard InChI is InChI=1S/C20H19ClN2O2S/c21-15-7-9-16(10-8-15)26-13-12-23-18(24)20(22-19(23)25)11-3-5-14-4-1-2-6-17(14)20/h1-2,4,6-10H,3,5,11-13H2,(H,22,25)/t20-/m1/s1. The molecule has 1 aliphatic heterocycles. The maximum absolute atomic E-state index is 13.2. The van der Waals surface area contributed by atoms with E-state index in [0.29, 0.717) is 23.7 Å². The van der Waals surface area contributed by atoms with E-state index in [0.717, 1.165) is 28.9 Å². The van der Waals surface area contributed by atoms with Gasteiger partial charge in [-0.1, -0.05) is 35.9 Å². The van der Waals surface area contributed by atoms with Crippen LogP contribution in [0.1, 0.15) is 24.0 Å². The first-order chi connectivity index (χ1) is 12.6. The minimum Gasteiger partial charge on any atom is -0.319 e. The zero-order valence-corrected chi connectivity index (χ0v) is 15.8. The third-order valence-corrected chi connectivity index (χ3v) is 6.29. The lowest BCUT2D eigenvalue weighted by Gasteiger charge is -2.33. The van der Waals surface area contributed by atoms with Gasteiger partial charge >= 0.3 is 6.03 Å². The Labute approximate surface area is 161 Å². The van der Waals surface area contributed by atoms with Gasteiger partial charge in [-0.3, -0.25) is 9.69 Å². The summed E-state index contributed by atoms with van der Waals surface area (Å²) in [6.07, 6.45) is 2.51. The molecule has 0 aromatic heterocycles. The normalized spacial score (nSPS) is 21.8. The predicted octanol–water partition coefficient (Wildman–Crippen LogP) is 4.22. The summed E-state index contributed by atoms with van der Waals surface area (Å²) in [5, 5.41) is 3.69. The second kappa shape index (κ2) is 6.97. The number of hydrogen-bond donors (Lipinski definition) is 1. The van der Waals surface area contributed by atoms with Gasteiger partial charge in [-0.25, -0.2) is 4.79 Å². The van der Waals surface area contributed by atoms with Crippen molar-refractivity contribution in [2.45, 2.75) is 29.7 Å². The largest absolute Gasteiger partial charge is 0.325 e. The number of imide groups is 1. The summed E-state index contributed by atoms with van der Waals surface area (Å²) in [5.41, 5.74) is 1.24. The van der Waals surface area contributed by atoms with Gasteiger partial charge in [0.05, 0.1) is 0 Å². The number of hydrogen-bond acceptors (Lipinski definition) is 3. The second-order valence-corrected chi connectivity index (χ2v) is 8.21. The fourth-order valence-electron chi connectivity index (χ4n) is 3.80. The molecule has 1 N–H and O–H groups in total. The summed E-state index contributed by atoms with van der Waals surface area (Å²) in [4.78, 5) is 28.1. The molecule has 1 aliphatic carbocycles. The Hall–Kier alpha value is -1.98. The van der Waals surface area contributed by atoms with Gasteiger partial charge in [-0.05, 0) is 54.7 Å². The number of aryl methyl sites for hydroxylation is 1. The third-order valence-electron chi connectivity index (χ3n) is 5.05. The maximum Gasteiger partial charge on any atom is 0.325 e. The van der Waals surface area contributed by atoms with Crippen LogP contribution < -0.4 is 5.32 Å². The van der Waals surface area contributed by atoms with Crippen molar-refractivity contribution in [3.8, 4) is 0 Å². The van der Waals surface area contributed by atoms with Crippen molar-refractivity contribution in [1.29, 1.82) is 0 Å². The number of nitrogens with one attached hydrogen (secondary N) is 1. The average molecular weight is 387 g/mol. The number of nitrogens with zero attached hydrogens (tertiary/aromatic N) is 1. The second-order valence-electron chi connectivity index (χ2n) is 6.61. The van der Waals surface area contributed by atoms with E-state index in [4.69, 9.17) is 11.6 Å². The van der Waals surface area contributed by atoms with Crippen LogP contribution in [-0.2, 0) is 16.8 Å². The van der Waals surface area contributed by atoms with E-state index in [1.54, 1.807) is 11.8 Å². The number of benzene rings is 2. The molecule has 4 rings (SSSR count). The summed E-state index contributed by atoms with van der Waals surface area (Å²) in [6.45, 7) is 0.391. The summed E-state index contributed by atoms with van der Waals surface area (Å²) in [5.74, 6) is 0.532. The van der Waals surface area contributed by atoms with E-state index in [-0.39, 0.29) is 11.9 Å². The van der Waals surface area contributed by atoms with Gasteiger partial charge in [-0.2, -0.15) is 0 Å². The van der Waals surface area contributed by atoms with E-state index in [2.05, 4.69) is 11.4 Å². The fourth-order valence-corrected chi connectivity index (χ4v) is 4.76. The van der Waals surface area contributed by atoms with Crippen molar-refractivity contribution in [3.05, 3.63) is 64.7 Å². The Bertz CT molecular complexity index is 855. The first kappa shape index (κ1) is 17.4. The van der Waals surface area contributed by atoms with Crippen LogP contribution in [0.3, 0.4) is 0 Å². The fraction of sp³-hybridized carbons (Fsp3) is 0.300. The molecule has 1 saturated heterocycles. The Morgan fingerprint density at radius 2 is 1.88 bits per heavy atom. The number of thioether (sulfide) groups is 1. The number of carbonyl (C=O) groups excluding carboxylic acids is 2. The number of halogens is 1. The highest BCUT2D eigenvalue weighted by Crippen LogP contribution is 2.40. The van der Waals surface area contributed by atoms with E-state index >= 15 is 0 Å². The van der Waals surface area contributed by atoms with Gasteiger partial charge in [0.15, 0.2) is 0 Å². The SMILES string of the molecule is O=C1N[C@@]2(CCCc3ccccc32)C(=O)N1CCSc1ccc(Cl)cc1. The van der Waals surface area contributed by atoms with Crippen molar-refractivity contribution in [3.63, 3.8) is 0 Å². The lowest BCUT2D eigenvalue weighted by molar-refractivity contribution is -0.132. The Balaban J connectivity index is 1.49. The Morgan fingerprint density at radius 3 is 2.69 bits per heavy atom. The highest BCUT2D eigenvalue weighted by atomic mass is 35.5. The van der Waals surface area contributed by atoms with E-state index in [1.807, 2.05) is 42.5 Å². The van der Waals surface area contributed by atoms with Crippen LogP contribution in [0.2, 0.25) is 5.02 Å². The number of carbonyl (C=O) groups is 2. The Kier molecular flexibility index (Phi) is 4.67. The minimum absolute atomic E-state index is 0.119. The first-order valence-electron chi connectivity index (χ1n) is 8.71. The smallest absolute Gasteiger partial charge is 0.319 e. The number of rotatable bonds is 4. The van der Waals surface area contributed by atoms with Crippen LogP contribution in [0.25, 0.3) is 0 Å². The van der Waals surface area contributed by atoms with Crippen molar-refractivity contribution in [2.75, 3.05) is 12.3 Å². The average Bonchev–Trinajstić information content (AvgIpc) is 2.88. The van der Waals surface area contributed by atoms with Crippen molar-refractivity contribution >= 4 is 35.3 Å². The molecule has 2 aromatic carbocycles. The lowest BCUT2D eigenvalue weighted by Crippen LogP contribution is -2.46. The summed E-state index contributed by atoms with van der Waals surface area (Å²) in [6, 6.07) is 15.2. The summed E-state index contributed by atoms with van der Waals surface area (Å²) < 4.78 is 0. The third kappa shape index (κ3) is 2.99. The molecular formula is C20H19ClN2O2S. The van der Waals surface area contributed by atoms with Crippen LogP contribution >= 0.6 is 23.4 Å². The van der Waals surface area contributed by atoms with E-state index in [9.17, 15) is 9.59 Å². The number of fused-ring (bicyclic) bond motifs is 2. The Morgan fingerprint density at radius 1 is 1.12 bits per heavy atom. The monoisotopic (exact) mass is 386 g/mol. The van der Waals surface area contributed by atoms with Gasteiger partial charge in [0.1, 0.15) is 5.54 Å². The molecule has 1 fully saturated rings.